The molecule has 0 atom stereocenters. The number of nitrogens with two attached hydrogens (primary N) is 1. The van der Waals surface area contributed by atoms with E-state index < -0.39 is 0 Å². The third kappa shape index (κ3) is 2.55. The van der Waals surface area contributed by atoms with Crippen LogP contribution in [0.25, 0.3) is 0 Å². The number of nitrogen functional groups attached to an aromatic ring is 1. The Balaban J connectivity index is 1.87. The molecule has 1 aromatic carbocycles. The van der Waals surface area contributed by atoms with Crippen LogP contribution in [0.1, 0.15) is 19.3 Å². The highest BCUT2D eigenvalue weighted by atomic mass is 35.5. The van der Waals surface area contributed by atoms with Gasteiger partial charge in [-0.2, -0.15) is 0 Å². The predicted molar refractivity (Wildman–Crippen MR) is 61.7 cm³/mol. The van der Waals surface area contributed by atoms with Crippen LogP contribution in [0.4, 0.5) is 11.4 Å². The SMILES string of the molecule is Nc1cc(Cl)ccc1NCCC1CC1. The molecule has 1 saturated carbocycles. The molecule has 1 aliphatic carbocycles. The normalized spacial score (nSPS) is 15.5. The molecule has 3 heteroatoms. The minimum absolute atomic E-state index is 0.690. The maximum absolute atomic E-state index is 5.81. The zero-order valence-corrected chi connectivity index (χ0v) is 8.85. The zero-order chi connectivity index (χ0) is 9.97. The number of halogens is 1. The summed E-state index contributed by atoms with van der Waals surface area (Å²) >= 11 is 5.80. The van der Waals surface area contributed by atoms with Gasteiger partial charge in [0.15, 0.2) is 0 Å². The Bertz CT molecular complexity index is 321. The molecule has 2 rings (SSSR count). The first-order valence-corrected chi connectivity index (χ1v) is 5.42. The van der Waals surface area contributed by atoms with Crippen molar-refractivity contribution in [1.29, 1.82) is 0 Å². The molecule has 0 heterocycles. The van der Waals surface area contributed by atoms with Crippen molar-refractivity contribution in [3.8, 4) is 0 Å². The third-order valence-electron chi connectivity index (χ3n) is 2.58. The minimum atomic E-state index is 0.690. The smallest absolute Gasteiger partial charge is 0.0574 e. The van der Waals surface area contributed by atoms with Gasteiger partial charge >= 0.3 is 0 Å². The lowest BCUT2D eigenvalue weighted by atomic mass is 10.2. The fraction of sp³-hybridized carbons (Fsp3) is 0.455. The molecule has 0 saturated heterocycles. The molecular weight excluding hydrogens is 196 g/mol. The second kappa shape index (κ2) is 4.09. The van der Waals surface area contributed by atoms with Crippen LogP contribution >= 0.6 is 11.6 Å². The standard InChI is InChI=1S/C11H15ClN2/c12-9-3-4-11(10(13)7-9)14-6-5-8-1-2-8/h3-4,7-8,14H,1-2,5-6,13H2. The van der Waals surface area contributed by atoms with Crippen LogP contribution in [-0.4, -0.2) is 6.54 Å². The average molecular weight is 211 g/mol. The van der Waals surface area contributed by atoms with Crippen LogP contribution in [0.15, 0.2) is 18.2 Å². The summed E-state index contributed by atoms with van der Waals surface area (Å²) in [5.74, 6) is 0.955. The van der Waals surface area contributed by atoms with Gasteiger partial charge in [-0.25, -0.2) is 0 Å². The Labute approximate surface area is 89.4 Å². The Morgan fingerprint density at radius 2 is 2.21 bits per heavy atom. The van der Waals surface area contributed by atoms with Gasteiger partial charge in [0, 0.05) is 11.6 Å². The first-order valence-electron chi connectivity index (χ1n) is 5.04. The van der Waals surface area contributed by atoms with Crippen LogP contribution in [0.3, 0.4) is 0 Å². The van der Waals surface area contributed by atoms with E-state index in [9.17, 15) is 0 Å². The van der Waals surface area contributed by atoms with Gasteiger partial charge in [0.25, 0.3) is 0 Å². The van der Waals surface area contributed by atoms with Gasteiger partial charge < -0.3 is 11.1 Å². The Kier molecular flexibility index (Phi) is 2.82. The predicted octanol–water partition coefficient (Wildman–Crippen LogP) is 3.13. The molecule has 14 heavy (non-hydrogen) atoms. The fourth-order valence-electron chi connectivity index (χ4n) is 1.51. The number of nitrogens with one attached hydrogen (secondary N) is 1. The van der Waals surface area contributed by atoms with E-state index >= 15 is 0 Å². The van der Waals surface area contributed by atoms with Gasteiger partial charge in [0.05, 0.1) is 11.4 Å². The molecule has 0 radical (unpaired) electrons. The van der Waals surface area contributed by atoms with Crippen LogP contribution in [0.5, 0.6) is 0 Å². The molecule has 0 unspecified atom stereocenters. The van der Waals surface area contributed by atoms with Gasteiger partial charge in [0.2, 0.25) is 0 Å². The van der Waals surface area contributed by atoms with Crippen molar-refractivity contribution < 1.29 is 0 Å². The molecular formula is C11H15ClN2. The number of rotatable bonds is 4. The molecule has 0 bridgehead atoms. The number of anilines is 2. The summed E-state index contributed by atoms with van der Waals surface area (Å²) in [7, 11) is 0. The largest absolute Gasteiger partial charge is 0.397 e. The van der Waals surface area contributed by atoms with E-state index in [0.717, 1.165) is 23.8 Å². The first-order chi connectivity index (χ1) is 6.75. The van der Waals surface area contributed by atoms with Gasteiger partial charge in [-0.1, -0.05) is 24.4 Å². The Morgan fingerprint density at radius 1 is 1.43 bits per heavy atom. The second-order valence-corrected chi connectivity index (χ2v) is 4.33. The monoisotopic (exact) mass is 210 g/mol. The van der Waals surface area contributed by atoms with Crippen molar-refractivity contribution in [1.82, 2.24) is 0 Å². The zero-order valence-electron chi connectivity index (χ0n) is 8.09. The van der Waals surface area contributed by atoms with Crippen molar-refractivity contribution in [3.63, 3.8) is 0 Å². The molecule has 0 aliphatic heterocycles. The molecule has 76 valence electrons. The number of hydrogen-bond donors (Lipinski definition) is 2. The van der Waals surface area contributed by atoms with Gasteiger partial charge in [0.1, 0.15) is 0 Å². The van der Waals surface area contributed by atoms with E-state index in [1.807, 2.05) is 12.1 Å². The summed E-state index contributed by atoms with van der Waals surface area (Å²) in [6.45, 7) is 1.01. The van der Waals surface area contributed by atoms with Crippen LogP contribution in [-0.2, 0) is 0 Å². The number of benzene rings is 1. The summed E-state index contributed by atoms with van der Waals surface area (Å²) in [5.41, 5.74) is 7.53. The van der Waals surface area contributed by atoms with Gasteiger partial charge in [-0.15, -0.1) is 0 Å². The average Bonchev–Trinajstić information content (AvgIpc) is 2.92. The molecule has 0 spiro atoms. The molecule has 1 aliphatic rings. The number of hydrogen-bond acceptors (Lipinski definition) is 2. The molecule has 2 nitrogen and oxygen atoms in total. The third-order valence-corrected chi connectivity index (χ3v) is 2.81. The highest BCUT2D eigenvalue weighted by molar-refractivity contribution is 6.31. The van der Waals surface area contributed by atoms with Crippen molar-refractivity contribution >= 4 is 23.0 Å². The van der Waals surface area contributed by atoms with Crippen molar-refractivity contribution in [2.45, 2.75) is 19.3 Å². The van der Waals surface area contributed by atoms with E-state index in [1.54, 1.807) is 6.07 Å². The van der Waals surface area contributed by atoms with Gasteiger partial charge in [-0.05, 0) is 30.5 Å². The molecule has 0 aromatic heterocycles. The van der Waals surface area contributed by atoms with E-state index in [0.29, 0.717) is 5.02 Å². The van der Waals surface area contributed by atoms with Crippen molar-refractivity contribution in [2.75, 3.05) is 17.6 Å². The summed E-state index contributed by atoms with van der Waals surface area (Å²) in [6.07, 6.45) is 4.05. The first kappa shape index (κ1) is 9.66. The summed E-state index contributed by atoms with van der Waals surface area (Å²) in [4.78, 5) is 0. The Morgan fingerprint density at radius 3 is 2.86 bits per heavy atom. The summed E-state index contributed by atoms with van der Waals surface area (Å²) in [5, 5.41) is 4.02. The topological polar surface area (TPSA) is 38.0 Å². The van der Waals surface area contributed by atoms with Crippen molar-refractivity contribution in [3.05, 3.63) is 23.2 Å². The van der Waals surface area contributed by atoms with E-state index in [4.69, 9.17) is 17.3 Å². The lowest BCUT2D eigenvalue weighted by Crippen LogP contribution is -2.04. The van der Waals surface area contributed by atoms with E-state index in [2.05, 4.69) is 5.32 Å². The summed E-state index contributed by atoms with van der Waals surface area (Å²) < 4.78 is 0. The van der Waals surface area contributed by atoms with Crippen LogP contribution in [0, 0.1) is 5.92 Å². The fourth-order valence-corrected chi connectivity index (χ4v) is 1.69. The lowest BCUT2D eigenvalue weighted by molar-refractivity contribution is 0.760. The van der Waals surface area contributed by atoms with E-state index in [1.165, 1.54) is 19.3 Å². The summed E-state index contributed by atoms with van der Waals surface area (Å²) in [6, 6.07) is 5.57. The highest BCUT2D eigenvalue weighted by Gasteiger charge is 2.20. The lowest BCUT2D eigenvalue weighted by Gasteiger charge is -2.08. The van der Waals surface area contributed by atoms with Crippen molar-refractivity contribution in [2.24, 2.45) is 5.92 Å². The molecule has 3 N–H and O–H groups in total. The maximum Gasteiger partial charge on any atom is 0.0574 e. The van der Waals surface area contributed by atoms with E-state index in [-0.39, 0.29) is 0 Å². The molecule has 1 aromatic rings. The maximum atomic E-state index is 5.81. The highest BCUT2D eigenvalue weighted by Crippen LogP contribution is 2.32. The quantitative estimate of drug-likeness (QED) is 0.750. The Hall–Kier alpha value is -0.890. The minimum Gasteiger partial charge on any atom is -0.397 e. The molecule has 0 amide bonds. The van der Waals surface area contributed by atoms with Crippen LogP contribution < -0.4 is 11.1 Å². The van der Waals surface area contributed by atoms with Crippen LogP contribution in [0.2, 0.25) is 5.02 Å². The molecule has 1 fully saturated rings. The second-order valence-electron chi connectivity index (χ2n) is 3.89. The van der Waals surface area contributed by atoms with Gasteiger partial charge in [-0.3, -0.25) is 0 Å².